The Kier molecular flexibility index (Phi) is 10.5. The first-order valence-corrected chi connectivity index (χ1v) is 11.0. The van der Waals surface area contributed by atoms with Crippen LogP contribution in [0.5, 0.6) is 0 Å². The molecule has 10 heteroatoms. The molecule has 0 radical (unpaired) electrons. The summed E-state index contributed by atoms with van der Waals surface area (Å²) in [4.78, 5) is 35.2. The van der Waals surface area contributed by atoms with E-state index >= 15 is 0 Å². The van der Waals surface area contributed by atoms with Crippen LogP contribution in [-0.2, 0) is 9.59 Å². The number of carbonyl (C=O) groups excluding carboxylic acids is 2. The van der Waals surface area contributed by atoms with Crippen molar-refractivity contribution < 1.29 is 24.6 Å². The third-order valence-corrected chi connectivity index (χ3v) is 6.27. The molecule has 2 heterocycles. The smallest absolute Gasteiger partial charge is 0.290 e. The average Bonchev–Trinajstić information content (AvgIpc) is 3.39. The maximum atomic E-state index is 12.7. The van der Waals surface area contributed by atoms with E-state index in [4.69, 9.17) is 15.0 Å². The molecule has 31 heavy (non-hydrogen) atoms. The highest BCUT2D eigenvalue weighted by atomic mass is 16.3. The molecule has 1 saturated heterocycles. The van der Waals surface area contributed by atoms with Gasteiger partial charge >= 0.3 is 0 Å². The summed E-state index contributed by atoms with van der Waals surface area (Å²) in [5.41, 5.74) is 1.66. The molecule has 2 aliphatic rings. The molecule has 3 rings (SSSR count). The zero-order valence-electron chi connectivity index (χ0n) is 18.2. The Morgan fingerprint density at radius 3 is 2.55 bits per heavy atom. The van der Waals surface area contributed by atoms with Crippen LogP contribution in [-0.4, -0.2) is 82.4 Å². The number of amides is 2. The van der Waals surface area contributed by atoms with Crippen LogP contribution in [0.3, 0.4) is 0 Å². The second-order valence-corrected chi connectivity index (χ2v) is 8.18. The Bertz CT molecular complexity index is 704. The molecule has 0 unspecified atom stereocenters. The van der Waals surface area contributed by atoms with Gasteiger partial charge in [0, 0.05) is 37.5 Å². The molecule has 5 N–H and O–H groups in total. The summed E-state index contributed by atoms with van der Waals surface area (Å²) in [7, 11) is 2.01. The number of H-pyrrole nitrogens is 1. The summed E-state index contributed by atoms with van der Waals surface area (Å²) in [5, 5.41) is 28.6. The summed E-state index contributed by atoms with van der Waals surface area (Å²) in [6.07, 6.45) is 9.90. The maximum absolute atomic E-state index is 12.7. The van der Waals surface area contributed by atoms with Crippen molar-refractivity contribution in [3.05, 3.63) is 17.5 Å². The van der Waals surface area contributed by atoms with E-state index in [1.807, 2.05) is 7.05 Å². The highest BCUT2D eigenvalue weighted by Crippen LogP contribution is 2.33. The second-order valence-electron chi connectivity index (χ2n) is 8.18. The molecule has 0 bridgehead atoms. The number of aliphatic hydroxyl groups excluding tert-OH is 1. The van der Waals surface area contributed by atoms with Gasteiger partial charge in [-0.05, 0) is 32.7 Å². The van der Waals surface area contributed by atoms with Gasteiger partial charge in [0.2, 0.25) is 5.91 Å². The van der Waals surface area contributed by atoms with E-state index in [9.17, 15) is 9.59 Å². The van der Waals surface area contributed by atoms with Crippen LogP contribution in [0.1, 0.15) is 73.3 Å². The number of nitrogens with zero attached hydrogens (tertiary/aromatic N) is 2. The number of aliphatic hydroxyl groups is 1. The minimum absolute atomic E-state index is 0.0360. The van der Waals surface area contributed by atoms with Gasteiger partial charge in [0.25, 0.3) is 12.4 Å². The molecule has 2 amide bonds. The SMILES string of the molecule is CN1[C@@H](CC(=O)NCCO)CC[C@H]1CNC(=O)c1cn[nH]c1C1CCCCC1.O=CO. The Morgan fingerprint density at radius 1 is 1.19 bits per heavy atom. The topological polar surface area (TPSA) is 148 Å². The normalized spacial score (nSPS) is 21.7. The number of likely N-dealkylation sites (tertiary alicyclic amines) is 1. The summed E-state index contributed by atoms with van der Waals surface area (Å²) in [5.74, 6) is 0.311. The molecule has 0 aromatic carbocycles. The third kappa shape index (κ3) is 7.32. The first kappa shape index (κ1) is 24.8. The molecule has 1 saturated carbocycles. The van der Waals surface area contributed by atoms with Crippen molar-refractivity contribution in [3.8, 4) is 0 Å². The number of carboxylic acid groups (broad SMARTS) is 1. The number of rotatable bonds is 8. The number of hydrogen-bond donors (Lipinski definition) is 5. The van der Waals surface area contributed by atoms with Crippen LogP contribution in [0.25, 0.3) is 0 Å². The molecule has 10 nitrogen and oxygen atoms in total. The number of hydrogen-bond acceptors (Lipinski definition) is 6. The summed E-state index contributed by atoms with van der Waals surface area (Å²) < 4.78 is 0. The van der Waals surface area contributed by atoms with Gasteiger partial charge in [-0.15, -0.1) is 0 Å². The van der Waals surface area contributed by atoms with E-state index in [0.717, 1.165) is 31.4 Å². The lowest BCUT2D eigenvalue weighted by atomic mass is 9.85. The molecule has 174 valence electrons. The van der Waals surface area contributed by atoms with Crippen LogP contribution < -0.4 is 10.6 Å². The maximum Gasteiger partial charge on any atom is 0.290 e. The van der Waals surface area contributed by atoms with Crippen LogP contribution in [0.15, 0.2) is 6.20 Å². The quantitative estimate of drug-likeness (QED) is 0.379. The molecule has 1 aromatic heterocycles. The zero-order chi connectivity index (χ0) is 22.6. The van der Waals surface area contributed by atoms with Crippen LogP contribution in [0, 0.1) is 0 Å². The van der Waals surface area contributed by atoms with Crippen molar-refractivity contribution in [2.24, 2.45) is 0 Å². The summed E-state index contributed by atoms with van der Waals surface area (Å²) in [6, 6.07) is 0.400. The first-order chi connectivity index (χ1) is 15.0. The van der Waals surface area contributed by atoms with E-state index in [1.165, 1.54) is 19.3 Å². The molecule has 2 fully saturated rings. The van der Waals surface area contributed by atoms with Gasteiger partial charge in [-0.2, -0.15) is 5.10 Å². The average molecular weight is 438 g/mol. The van der Waals surface area contributed by atoms with Crippen molar-refractivity contribution in [3.63, 3.8) is 0 Å². The van der Waals surface area contributed by atoms with Crippen molar-refractivity contribution >= 4 is 18.3 Å². The lowest BCUT2D eigenvalue weighted by Crippen LogP contribution is -2.42. The Labute approximate surface area is 182 Å². The van der Waals surface area contributed by atoms with E-state index in [1.54, 1.807) is 6.20 Å². The minimum atomic E-state index is -0.250. The Balaban J connectivity index is 0.00000107. The second kappa shape index (κ2) is 13.1. The predicted molar refractivity (Wildman–Crippen MR) is 115 cm³/mol. The fourth-order valence-corrected chi connectivity index (χ4v) is 4.55. The van der Waals surface area contributed by atoms with E-state index in [2.05, 4.69) is 25.7 Å². The largest absolute Gasteiger partial charge is 0.483 e. The van der Waals surface area contributed by atoms with Gasteiger partial charge in [-0.1, -0.05) is 19.3 Å². The standard InChI is InChI=1S/C20H33N5O3.CH2O2/c1-25-15(11-18(27)21-9-10-26)7-8-16(25)12-22-20(28)17-13-23-24-19(17)14-5-3-2-4-6-14;2-1-3/h13-16,26H,2-12H2,1H3,(H,21,27)(H,22,28)(H,23,24);1H,(H,2,3)/t15-,16+;/m1./s1. The monoisotopic (exact) mass is 437 g/mol. The van der Waals surface area contributed by atoms with Gasteiger partial charge < -0.3 is 20.8 Å². The molecular formula is C21H35N5O5. The third-order valence-electron chi connectivity index (χ3n) is 6.27. The van der Waals surface area contributed by atoms with Crippen LogP contribution >= 0.6 is 0 Å². The van der Waals surface area contributed by atoms with Crippen LogP contribution in [0.4, 0.5) is 0 Å². The zero-order valence-corrected chi connectivity index (χ0v) is 18.2. The van der Waals surface area contributed by atoms with Gasteiger partial charge in [0.1, 0.15) is 0 Å². The summed E-state index contributed by atoms with van der Waals surface area (Å²) in [6.45, 7) is 0.569. The highest BCUT2D eigenvalue weighted by Gasteiger charge is 2.32. The van der Waals surface area contributed by atoms with E-state index in [0.29, 0.717) is 31.0 Å². The molecular weight excluding hydrogens is 402 g/mol. The van der Waals surface area contributed by atoms with Crippen LogP contribution in [0.2, 0.25) is 0 Å². The lowest BCUT2D eigenvalue weighted by molar-refractivity contribution is -0.123. The van der Waals surface area contributed by atoms with E-state index in [-0.39, 0.29) is 37.0 Å². The number of likely N-dealkylation sites (N-methyl/N-ethyl adjacent to an activating group) is 1. The molecule has 1 aliphatic heterocycles. The Morgan fingerprint density at radius 2 is 1.87 bits per heavy atom. The number of aromatic amines is 1. The molecule has 1 aromatic rings. The first-order valence-electron chi connectivity index (χ1n) is 11.0. The fourth-order valence-electron chi connectivity index (χ4n) is 4.55. The molecule has 2 atom stereocenters. The molecule has 1 aliphatic carbocycles. The predicted octanol–water partition coefficient (Wildman–Crippen LogP) is 0.849. The van der Waals surface area contributed by atoms with Crippen molar-refractivity contribution in [1.82, 2.24) is 25.7 Å². The number of carbonyl (C=O) groups is 3. The number of aromatic nitrogens is 2. The highest BCUT2D eigenvalue weighted by molar-refractivity contribution is 5.95. The fraction of sp³-hybridized carbons (Fsp3) is 0.714. The number of nitrogens with one attached hydrogen (secondary N) is 3. The summed E-state index contributed by atoms with van der Waals surface area (Å²) >= 11 is 0. The van der Waals surface area contributed by atoms with Crippen molar-refractivity contribution in [2.45, 2.75) is 69.4 Å². The van der Waals surface area contributed by atoms with Gasteiger partial charge in [0.15, 0.2) is 0 Å². The van der Waals surface area contributed by atoms with E-state index < -0.39 is 0 Å². The van der Waals surface area contributed by atoms with Crippen molar-refractivity contribution in [1.29, 1.82) is 0 Å². The lowest BCUT2D eigenvalue weighted by Gasteiger charge is -2.26. The minimum Gasteiger partial charge on any atom is -0.483 e. The van der Waals surface area contributed by atoms with Gasteiger partial charge in [-0.25, -0.2) is 0 Å². The van der Waals surface area contributed by atoms with Gasteiger partial charge in [0.05, 0.1) is 24.1 Å². The Hall–Kier alpha value is -2.46. The van der Waals surface area contributed by atoms with Gasteiger partial charge in [-0.3, -0.25) is 24.4 Å². The van der Waals surface area contributed by atoms with Crippen molar-refractivity contribution in [2.75, 3.05) is 26.7 Å². The molecule has 0 spiro atoms.